The Bertz CT molecular complexity index is 973. The van der Waals surface area contributed by atoms with Crippen LogP contribution in [0.3, 0.4) is 0 Å². The lowest BCUT2D eigenvalue weighted by atomic mass is 9.94. The lowest BCUT2D eigenvalue weighted by Crippen LogP contribution is -2.02. The van der Waals surface area contributed by atoms with Crippen molar-refractivity contribution in [2.24, 2.45) is 0 Å². The molecule has 1 saturated carbocycles. The Balaban J connectivity index is 1.43. The molecule has 0 saturated heterocycles. The van der Waals surface area contributed by atoms with Crippen LogP contribution in [0.2, 0.25) is 0 Å². The van der Waals surface area contributed by atoms with Gasteiger partial charge in [-0.1, -0.05) is 48.6 Å². The van der Waals surface area contributed by atoms with Crippen LogP contribution in [0.4, 0.5) is 4.39 Å². The highest BCUT2D eigenvalue weighted by molar-refractivity contribution is 5.41. The van der Waals surface area contributed by atoms with Gasteiger partial charge in [0.2, 0.25) is 0 Å². The van der Waals surface area contributed by atoms with Crippen LogP contribution in [0.15, 0.2) is 84.9 Å². The zero-order valence-corrected chi connectivity index (χ0v) is 16.6. The molecule has 2 nitrogen and oxygen atoms in total. The SMILES string of the molecule is CCOc1ccc(C2(/C=C/Cc3ccc(F)c(Oc4ccccc4)c3)CC2)cc1. The zero-order valence-electron chi connectivity index (χ0n) is 16.6. The van der Waals surface area contributed by atoms with Gasteiger partial charge in [0, 0.05) is 5.41 Å². The normalized spacial score (nSPS) is 14.7. The van der Waals surface area contributed by atoms with Crippen LogP contribution in [0, 0.1) is 5.82 Å². The van der Waals surface area contributed by atoms with Crippen LogP contribution in [0.1, 0.15) is 30.9 Å². The average Bonchev–Trinajstić information content (AvgIpc) is 3.53. The molecule has 3 aromatic carbocycles. The van der Waals surface area contributed by atoms with Gasteiger partial charge in [-0.3, -0.25) is 0 Å². The van der Waals surface area contributed by atoms with E-state index in [1.54, 1.807) is 6.07 Å². The number of para-hydroxylation sites is 1. The quantitative estimate of drug-likeness (QED) is 0.393. The van der Waals surface area contributed by atoms with Gasteiger partial charge in [-0.25, -0.2) is 4.39 Å². The Labute approximate surface area is 171 Å². The number of halogens is 1. The molecule has 0 atom stereocenters. The van der Waals surface area contributed by atoms with Gasteiger partial charge >= 0.3 is 0 Å². The van der Waals surface area contributed by atoms with Crippen molar-refractivity contribution in [2.75, 3.05) is 6.61 Å². The third kappa shape index (κ3) is 4.68. The summed E-state index contributed by atoms with van der Waals surface area (Å²) >= 11 is 0. The molecule has 3 aromatic rings. The topological polar surface area (TPSA) is 18.5 Å². The van der Waals surface area contributed by atoms with Crippen molar-refractivity contribution in [3.05, 3.63) is 102 Å². The summed E-state index contributed by atoms with van der Waals surface area (Å²) in [5.41, 5.74) is 2.48. The largest absolute Gasteiger partial charge is 0.494 e. The summed E-state index contributed by atoms with van der Waals surface area (Å²) in [6.07, 6.45) is 7.53. The summed E-state index contributed by atoms with van der Waals surface area (Å²) in [7, 11) is 0. The lowest BCUT2D eigenvalue weighted by Gasteiger charge is -2.12. The number of benzene rings is 3. The highest BCUT2D eigenvalue weighted by Gasteiger charge is 2.41. The number of allylic oxidation sites excluding steroid dienone is 2. The molecule has 0 heterocycles. The highest BCUT2D eigenvalue weighted by atomic mass is 19.1. The smallest absolute Gasteiger partial charge is 0.165 e. The molecular weight excluding hydrogens is 363 g/mol. The first kappa shape index (κ1) is 19.3. The van der Waals surface area contributed by atoms with Gasteiger partial charge in [0.05, 0.1) is 6.61 Å². The first-order valence-corrected chi connectivity index (χ1v) is 10.1. The predicted molar refractivity (Wildman–Crippen MR) is 114 cm³/mol. The van der Waals surface area contributed by atoms with Gasteiger partial charge < -0.3 is 9.47 Å². The van der Waals surface area contributed by atoms with E-state index in [9.17, 15) is 4.39 Å². The van der Waals surface area contributed by atoms with Crippen molar-refractivity contribution in [3.63, 3.8) is 0 Å². The fraction of sp³-hybridized carbons (Fsp3) is 0.231. The van der Waals surface area contributed by atoms with Crippen LogP contribution in [-0.4, -0.2) is 6.61 Å². The van der Waals surface area contributed by atoms with Crippen molar-refractivity contribution < 1.29 is 13.9 Å². The molecule has 1 fully saturated rings. The number of hydrogen-bond donors (Lipinski definition) is 0. The van der Waals surface area contributed by atoms with Crippen molar-refractivity contribution in [2.45, 2.75) is 31.6 Å². The van der Waals surface area contributed by atoms with Crippen LogP contribution in [0.25, 0.3) is 0 Å². The molecule has 3 heteroatoms. The number of ether oxygens (including phenoxy) is 2. The molecule has 0 bridgehead atoms. The summed E-state index contributed by atoms with van der Waals surface area (Å²) in [6, 6.07) is 22.8. The molecule has 1 aliphatic rings. The summed E-state index contributed by atoms with van der Waals surface area (Å²) in [6.45, 7) is 2.67. The minimum absolute atomic E-state index is 0.133. The van der Waals surface area contributed by atoms with Crippen molar-refractivity contribution >= 4 is 0 Å². The Hall–Kier alpha value is -3.07. The number of hydrogen-bond acceptors (Lipinski definition) is 2. The first-order valence-electron chi connectivity index (χ1n) is 10.1. The van der Waals surface area contributed by atoms with E-state index >= 15 is 0 Å². The maximum absolute atomic E-state index is 14.1. The molecule has 0 N–H and O–H groups in total. The first-order chi connectivity index (χ1) is 14.2. The minimum Gasteiger partial charge on any atom is -0.494 e. The van der Waals surface area contributed by atoms with E-state index in [0.717, 1.165) is 30.6 Å². The second kappa shape index (κ2) is 8.52. The maximum Gasteiger partial charge on any atom is 0.165 e. The van der Waals surface area contributed by atoms with Gasteiger partial charge in [0.15, 0.2) is 11.6 Å². The van der Waals surface area contributed by atoms with E-state index in [1.807, 2.05) is 55.5 Å². The fourth-order valence-corrected chi connectivity index (χ4v) is 3.53. The third-order valence-electron chi connectivity index (χ3n) is 5.29. The Kier molecular flexibility index (Phi) is 5.66. The van der Waals surface area contributed by atoms with E-state index in [4.69, 9.17) is 9.47 Å². The average molecular weight is 388 g/mol. The Morgan fingerprint density at radius 3 is 2.38 bits per heavy atom. The molecule has 1 aliphatic carbocycles. The summed E-state index contributed by atoms with van der Waals surface area (Å²) in [5.74, 6) is 1.45. The summed E-state index contributed by atoms with van der Waals surface area (Å²) < 4.78 is 25.4. The van der Waals surface area contributed by atoms with Crippen LogP contribution in [0.5, 0.6) is 17.2 Å². The van der Waals surface area contributed by atoms with Crippen molar-refractivity contribution in [3.8, 4) is 17.2 Å². The Morgan fingerprint density at radius 1 is 0.931 bits per heavy atom. The minimum atomic E-state index is -0.352. The Morgan fingerprint density at radius 2 is 1.69 bits per heavy atom. The molecule has 0 amide bonds. The molecule has 0 radical (unpaired) electrons. The molecule has 0 unspecified atom stereocenters. The van der Waals surface area contributed by atoms with Gasteiger partial charge in [-0.05, 0) is 73.7 Å². The fourth-order valence-electron chi connectivity index (χ4n) is 3.53. The lowest BCUT2D eigenvalue weighted by molar-refractivity contribution is 0.340. The molecular formula is C26H25FO2. The molecule has 148 valence electrons. The summed E-state index contributed by atoms with van der Waals surface area (Å²) in [4.78, 5) is 0. The molecule has 0 aliphatic heterocycles. The van der Waals surface area contributed by atoms with Crippen LogP contribution in [-0.2, 0) is 11.8 Å². The summed E-state index contributed by atoms with van der Waals surface area (Å²) in [5, 5.41) is 0. The van der Waals surface area contributed by atoms with E-state index in [2.05, 4.69) is 24.3 Å². The third-order valence-corrected chi connectivity index (χ3v) is 5.29. The van der Waals surface area contributed by atoms with Gasteiger partial charge in [-0.15, -0.1) is 0 Å². The molecule has 29 heavy (non-hydrogen) atoms. The van der Waals surface area contributed by atoms with E-state index in [1.165, 1.54) is 11.6 Å². The second-order valence-corrected chi connectivity index (χ2v) is 7.40. The van der Waals surface area contributed by atoms with E-state index in [0.29, 0.717) is 12.4 Å². The van der Waals surface area contributed by atoms with Crippen molar-refractivity contribution in [1.82, 2.24) is 0 Å². The maximum atomic E-state index is 14.1. The molecule has 4 rings (SSSR count). The monoisotopic (exact) mass is 388 g/mol. The van der Waals surface area contributed by atoms with E-state index in [-0.39, 0.29) is 17.0 Å². The molecule has 0 aromatic heterocycles. The second-order valence-electron chi connectivity index (χ2n) is 7.40. The van der Waals surface area contributed by atoms with E-state index < -0.39 is 0 Å². The molecule has 0 spiro atoms. The number of rotatable bonds is 8. The predicted octanol–water partition coefficient (Wildman–Crippen LogP) is 6.85. The zero-order chi connectivity index (χ0) is 20.1. The van der Waals surface area contributed by atoms with Crippen molar-refractivity contribution in [1.29, 1.82) is 0 Å². The van der Waals surface area contributed by atoms with Gasteiger partial charge in [-0.2, -0.15) is 0 Å². The van der Waals surface area contributed by atoms with Crippen LogP contribution < -0.4 is 9.47 Å². The highest BCUT2D eigenvalue weighted by Crippen LogP contribution is 2.49. The standard InChI is InChI=1S/C26H25FO2/c1-2-28-22-13-11-21(12-14-22)26(17-18-26)16-6-7-20-10-15-24(27)25(19-20)29-23-8-4-3-5-9-23/h3-6,8-16,19H,2,7,17-18H2,1H3/b16-6+. The van der Waals surface area contributed by atoms with Crippen LogP contribution >= 0.6 is 0 Å². The van der Waals surface area contributed by atoms with Gasteiger partial charge in [0.25, 0.3) is 0 Å². The van der Waals surface area contributed by atoms with Gasteiger partial charge in [0.1, 0.15) is 11.5 Å².